The number of carbonyl (C=O) groups excluding carboxylic acids is 3. The lowest BCUT2D eigenvalue weighted by atomic mass is 9.75. The second-order valence-corrected chi connectivity index (χ2v) is 34.5. The SMILES string of the molecule is Cc1ccc(CCC2CCC(/C=C/C3CCC(C)CC3)CC2)cc1.Cc1ccc(CCC2CCC(CCC3CCC(C)CC3)CC2)cc1.Cc1ccc(CCC2CCC(OC(=O)C3CCC(C)CC3)CC2)cc1.Cc1ccc(OC(=O)C2CCC(OC(=O)C3CCC(C)CC3)CC2)cc1. The van der Waals surface area contributed by atoms with E-state index in [9.17, 15) is 14.4 Å². The molecule has 0 unspecified atom stereocenters. The summed E-state index contributed by atoms with van der Waals surface area (Å²) in [4.78, 5) is 37.0. The van der Waals surface area contributed by atoms with Crippen LogP contribution in [0.5, 0.6) is 5.75 Å². The van der Waals surface area contributed by atoms with Crippen LogP contribution in [0.1, 0.15) is 304 Å². The zero-order valence-electron chi connectivity index (χ0n) is 63.9. The van der Waals surface area contributed by atoms with E-state index < -0.39 is 0 Å². The van der Waals surface area contributed by atoms with E-state index in [-0.39, 0.29) is 47.9 Å². The summed E-state index contributed by atoms with van der Waals surface area (Å²) in [5.74, 6) is 10.8. The van der Waals surface area contributed by atoms with E-state index >= 15 is 0 Å². The molecule has 546 valence electrons. The molecule has 0 radical (unpaired) electrons. The smallest absolute Gasteiger partial charge is 0.314 e. The molecular formula is C93H138O6. The number of rotatable bonds is 20. The first kappa shape index (κ1) is 78.2. The lowest BCUT2D eigenvalue weighted by Crippen LogP contribution is -2.32. The minimum atomic E-state index is -0.167. The van der Waals surface area contributed by atoms with E-state index in [0.29, 0.717) is 5.75 Å². The van der Waals surface area contributed by atoms with Gasteiger partial charge in [-0.15, -0.1) is 0 Å². The minimum absolute atomic E-state index is 0.0254. The molecule has 0 aromatic heterocycles. The predicted molar refractivity (Wildman–Crippen MR) is 413 cm³/mol. The number of ether oxygens (including phenoxy) is 3. The van der Waals surface area contributed by atoms with Crippen molar-refractivity contribution in [2.45, 2.75) is 324 Å². The lowest BCUT2D eigenvalue weighted by molar-refractivity contribution is -0.159. The molecule has 0 bridgehead atoms. The fourth-order valence-corrected chi connectivity index (χ4v) is 18.0. The van der Waals surface area contributed by atoms with Crippen molar-refractivity contribution in [3.63, 3.8) is 0 Å². The third kappa shape index (κ3) is 28.7. The van der Waals surface area contributed by atoms with Gasteiger partial charge in [-0.05, 0) is 301 Å². The highest BCUT2D eigenvalue weighted by Gasteiger charge is 2.34. The molecule has 6 nitrogen and oxygen atoms in total. The number of carbonyl (C=O) groups is 3. The Kier molecular flexibility index (Phi) is 33.1. The molecule has 99 heavy (non-hydrogen) atoms. The second-order valence-electron chi connectivity index (χ2n) is 34.5. The van der Waals surface area contributed by atoms with Crippen LogP contribution in [0.15, 0.2) is 109 Å². The summed E-state index contributed by atoms with van der Waals surface area (Å²) < 4.78 is 17.1. The summed E-state index contributed by atoms with van der Waals surface area (Å²) in [6, 6.07) is 34.8. The number of aryl methyl sites for hydroxylation is 7. The molecule has 0 saturated heterocycles. The van der Waals surface area contributed by atoms with Crippen LogP contribution in [0.3, 0.4) is 0 Å². The number of hydrogen-bond acceptors (Lipinski definition) is 6. The third-order valence-electron chi connectivity index (χ3n) is 25.9. The maximum absolute atomic E-state index is 12.4. The monoisotopic (exact) mass is 1350 g/mol. The number of allylic oxidation sites excluding steroid dienone is 2. The minimum Gasteiger partial charge on any atom is -0.462 e. The Bertz CT molecular complexity index is 2890. The highest BCUT2D eigenvalue weighted by molar-refractivity contribution is 5.75. The quantitative estimate of drug-likeness (QED) is 0.0498. The van der Waals surface area contributed by atoms with Crippen molar-refractivity contribution in [2.24, 2.45) is 82.9 Å². The molecule has 6 heteroatoms. The van der Waals surface area contributed by atoms with Crippen molar-refractivity contribution in [1.82, 2.24) is 0 Å². The summed E-state index contributed by atoms with van der Waals surface area (Å²) in [7, 11) is 0. The molecule has 0 aliphatic heterocycles. The maximum Gasteiger partial charge on any atom is 0.314 e. The second kappa shape index (κ2) is 42.0. The summed E-state index contributed by atoms with van der Waals surface area (Å²) in [5.41, 5.74) is 9.73. The van der Waals surface area contributed by atoms with Gasteiger partial charge >= 0.3 is 17.9 Å². The maximum atomic E-state index is 12.4. The molecule has 0 heterocycles. The highest BCUT2D eigenvalue weighted by Crippen LogP contribution is 2.40. The Morgan fingerprint density at radius 3 is 0.889 bits per heavy atom. The van der Waals surface area contributed by atoms with Crippen molar-refractivity contribution in [2.75, 3.05) is 0 Å². The number of benzene rings is 4. The van der Waals surface area contributed by atoms with Crippen LogP contribution in [0.25, 0.3) is 0 Å². The van der Waals surface area contributed by atoms with Crippen LogP contribution in [0.2, 0.25) is 0 Å². The third-order valence-corrected chi connectivity index (χ3v) is 25.9. The molecule has 0 atom stereocenters. The van der Waals surface area contributed by atoms with Crippen LogP contribution >= 0.6 is 0 Å². The molecule has 8 fully saturated rings. The summed E-state index contributed by atoms with van der Waals surface area (Å²) in [6.07, 6.45) is 55.9. The molecule has 8 saturated carbocycles. The fourth-order valence-electron chi connectivity index (χ4n) is 18.0. The van der Waals surface area contributed by atoms with Crippen molar-refractivity contribution in [3.05, 3.63) is 148 Å². The number of esters is 3. The van der Waals surface area contributed by atoms with Crippen molar-refractivity contribution >= 4 is 17.9 Å². The first-order valence-corrected chi connectivity index (χ1v) is 41.5. The van der Waals surface area contributed by atoms with Crippen molar-refractivity contribution in [3.8, 4) is 5.75 Å². The van der Waals surface area contributed by atoms with Crippen LogP contribution < -0.4 is 4.74 Å². The van der Waals surface area contributed by atoms with Gasteiger partial charge in [0.05, 0.1) is 17.8 Å². The highest BCUT2D eigenvalue weighted by atomic mass is 16.6. The predicted octanol–water partition coefficient (Wildman–Crippen LogP) is 25.1. The Morgan fingerprint density at radius 2 is 0.535 bits per heavy atom. The molecule has 4 aromatic rings. The van der Waals surface area contributed by atoms with Gasteiger partial charge in [-0.25, -0.2) is 0 Å². The van der Waals surface area contributed by atoms with E-state index in [2.05, 4.69) is 133 Å². The van der Waals surface area contributed by atoms with Gasteiger partial charge < -0.3 is 14.2 Å². The number of hydrogen-bond donors (Lipinski definition) is 0. The van der Waals surface area contributed by atoms with Crippen molar-refractivity contribution < 1.29 is 28.6 Å². The zero-order valence-corrected chi connectivity index (χ0v) is 63.9. The Morgan fingerprint density at radius 1 is 0.293 bits per heavy atom. The molecular weight excluding hydrogens is 1210 g/mol. The zero-order chi connectivity index (χ0) is 69.7. The van der Waals surface area contributed by atoms with E-state index in [0.717, 1.165) is 148 Å². The molecule has 8 aliphatic rings. The van der Waals surface area contributed by atoms with Crippen LogP contribution in [0.4, 0.5) is 0 Å². The summed E-state index contributed by atoms with van der Waals surface area (Å²) in [6.45, 7) is 17.9. The van der Waals surface area contributed by atoms with Gasteiger partial charge in [0, 0.05) is 0 Å². The van der Waals surface area contributed by atoms with E-state index in [4.69, 9.17) is 14.2 Å². The first-order valence-electron chi connectivity index (χ1n) is 41.5. The largest absolute Gasteiger partial charge is 0.462 e. The van der Waals surface area contributed by atoms with Crippen LogP contribution in [0, 0.1) is 111 Å². The van der Waals surface area contributed by atoms with Gasteiger partial charge in [-0.2, -0.15) is 0 Å². The summed E-state index contributed by atoms with van der Waals surface area (Å²) >= 11 is 0. The fraction of sp³-hybridized carbons (Fsp3) is 0.688. The van der Waals surface area contributed by atoms with E-state index in [1.807, 2.05) is 31.2 Å². The van der Waals surface area contributed by atoms with Gasteiger partial charge in [0.25, 0.3) is 0 Å². The van der Waals surface area contributed by atoms with Gasteiger partial charge in [0.2, 0.25) is 0 Å². The molecule has 4 aromatic carbocycles. The Labute approximate surface area is 604 Å². The van der Waals surface area contributed by atoms with E-state index in [1.54, 1.807) is 0 Å². The molecule has 0 amide bonds. The normalized spacial score (nSPS) is 30.3. The molecule has 0 N–H and O–H groups in total. The van der Waals surface area contributed by atoms with Gasteiger partial charge in [0.15, 0.2) is 0 Å². The Balaban J connectivity index is 0.000000154. The standard InChI is InChI=1S/C24H38.C24H36.C23H34O2.C22H30O4/c2*1-19-3-7-21(8-4-19)11-13-23-15-17-24(18-16-23)14-12-22-9-5-20(2)6-10-22;1-17-3-7-19(8-4-17)9-10-20-11-15-22(16-12-20)25-23(24)21-13-5-18(2)6-14-21;1-15-3-7-17(8-4-15)21(23)26-20-13-9-18(10-14-20)22(24)25-19-11-5-16(2)6-12-19/h3-4,7-8,20,22-24H,5-6,9-18H2,1-2H3;3-4,7-8,12,14,20,22-24H,5-6,9-11,13,15-18H2,1-2H3;3-4,7-8,18,20-22H,5-6,9-16H2,1-2H3;5-6,11-12,15,17-18,20H,3-4,7-10,13-14H2,1-2H3/b;14-12+;;. The first-order chi connectivity index (χ1) is 48.0. The molecule has 12 rings (SSSR count). The average molecular weight is 1350 g/mol. The van der Waals surface area contributed by atoms with Crippen molar-refractivity contribution in [1.29, 1.82) is 0 Å². The summed E-state index contributed by atoms with van der Waals surface area (Å²) in [5, 5.41) is 0. The van der Waals surface area contributed by atoms with E-state index in [1.165, 1.54) is 213 Å². The lowest BCUT2D eigenvalue weighted by Gasteiger charge is -2.31. The Hall–Kier alpha value is -4.97. The molecule has 8 aliphatic carbocycles. The van der Waals surface area contributed by atoms with Crippen LogP contribution in [-0.4, -0.2) is 30.1 Å². The average Bonchev–Trinajstić information content (AvgIpc) is 1.16. The van der Waals surface area contributed by atoms with Crippen LogP contribution in [-0.2, 0) is 43.1 Å². The van der Waals surface area contributed by atoms with Gasteiger partial charge in [-0.3, -0.25) is 14.4 Å². The van der Waals surface area contributed by atoms with Gasteiger partial charge in [0.1, 0.15) is 18.0 Å². The molecule has 0 spiro atoms. The van der Waals surface area contributed by atoms with Gasteiger partial charge in [-0.1, -0.05) is 224 Å². The topological polar surface area (TPSA) is 78.9 Å².